The van der Waals surface area contributed by atoms with Crippen LogP contribution in [0.5, 0.6) is 11.5 Å². The molecule has 3 aromatic carbocycles. The van der Waals surface area contributed by atoms with Crippen LogP contribution < -0.4 is 9.47 Å². The molecule has 3 aromatic rings. The van der Waals surface area contributed by atoms with Crippen molar-refractivity contribution in [3.63, 3.8) is 0 Å². The summed E-state index contributed by atoms with van der Waals surface area (Å²) < 4.78 is 16.8. The largest absolute Gasteiger partial charge is 0.490 e. The molecule has 0 saturated carbocycles. The Morgan fingerprint density at radius 1 is 1.00 bits per heavy atom. The molecular weight excluding hydrogens is 559 g/mol. The van der Waals surface area contributed by atoms with Crippen molar-refractivity contribution in [1.29, 1.82) is 0 Å². The number of esters is 1. The van der Waals surface area contributed by atoms with Crippen LogP contribution in [0.3, 0.4) is 0 Å². The number of carbonyl (C=O) groups excluding carboxylic acids is 2. The minimum atomic E-state index is -0.393. The van der Waals surface area contributed by atoms with Crippen molar-refractivity contribution >= 4 is 63.8 Å². The van der Waals surface area contributed by atoms with E-state index in [-0.39, 0.29) is 12.5 Å². The highest BCUT2D eigenvalue weighted by Gasteiger charge is 2.30. The third-order valence-corrected chi connectivity index (χ3v) is 7.13. The van der Waals surface area contributed by atoms with Gasteiger partial charge in [-0.05, 0) is 91.3 Å². The van der Waals surface area contributed by atoms with Crippen LogP contribution in [-0.4, -0.2) is 42.2 Å². The van der Waals surface area contributed by atoms with Crippen LogP contribution in [0.25, 0.3) is 6.08 Å². The van der Waals surface area contributed by atoms with Gasteiger partial charge in [-0.2, -0.15) is 0 Å². The minimum Gasteiger partial charge on any atom is -0.490 e. The summed E-state index contributed by atoms with van der Waals surface area (Å²) in [7, 11) is 1.66. The molecule has 0 radical (unpaired) electrons. The molecule has 1 amide bonds. The summed E-state index contributed by atoms with van der Waals surface area (Å²) in [4.78, 5) is 31.4. The monoisotopic (exact) mass is 584 g/mol. The number of hydrogen-bond donors (Lipinski definition) is 0. The maximum Gasteiger partial charge on any atom is 0.338 e. The first-order valence-electron chi connectivity index (χ1n) is 12.2. The topological polar surface area (TPSA) is 77.4 Å². The number of hydrogen-bond acceptors (Lipinski definition) is 7. The van der Waals surface area contributed by atoms with Gasteiger partial charge in [-0.3, -0.25) is 9.69 Å². The Balaban J connectivity index is 1.54. The van der Waals surface area contributed by atoms with Crippen molar-refractivity contribution in [1.82, 2.24) is 4.90 Å². The first-order chi connectivity index (χ1) is 18.8. The Morgan fingerprint density at radius 2 is 1.72 bits per heavy atom. The molecule has 4 rings (SSSR count). The van der Waals surface area contributed by atoms with E-state index in [2.05, 4.69) is 4.99 Å². The highest BCUT2D eigenvalue weighted by molar-refractivity contribution is 8.18. The van der Waals surface area contributed by atoms with E-state index in [4.69, 9.17) is 37.4 Å². The fourth-order valence-corrected chi connectivity index (χ4v) is 5.00. The number of amidine groups is 1. The first-order valence-corrected chi connectivity index (χ1v) is 13.7. The van der Waals surface area contributed by atoms with Crippen molar-refractivity contribution in [2.45, 2.75) is 20.5 Å². The summed E-state index contributed by atoms with van der Waals surface area (Å²) in [5, 5.41) is 1.52. The molecule has 1 aliphatic heterocycles. The molecule has 0 atom stereocenters. The number of nitrogens with zero attached hydrogens (tertiary/aromatic N) is 2. The molecule has 1 aliphatic rings. The van der Waals surface area contributed by atoms with Crippen LogP contribution in [0.1, 0.15) is 35.3 Å². The van der Waals surface area contributed by atoms with Crippen LogP contribution in [0.4, 0.5) is 5.69 Å². The second kappa shape index (κ2) is 13.1. The van der Waals surface area contributed by atoms with Crippen molar-refractivity contribution in [2.24, 2.45) is 4.99 Å². The number of likely N-dealkylation sites (N-methyl/N-ethyl adjacent to an activating group) is 1. The zero-order chi connectivity index (χ0) is 27.9. The number of halogens is 2. The lowest BCUT2D eigenvalue weighted by molar-refractivity contribution is -0.121. The quantitative estimate of drug-likeness (QED) is 0.193. The molecule has 7 nitrogen and oxygen atoms in total. The zero-order valence-electron chi connectivity index (χ0n) is 21.6. The van der Waals surface area contributed by atoms with Gasteiger partial charge in [0, 0.05) is 12.1 Å². The molecule has 0 N–H and O–H groups in total. The van der Waals surface area contributed by atoms with Crippen LogP contribution >= 0.6 is 35.0 Å². The van der Waals surface area contributed by atoms with Gasteiger partial charge >= 0.3 is 5.97 Å². The number of amides is 1. The minimum absolute atomic E-state index is 0.195. The number of aliphatic imine (C=N–C) groups is 1. The van der Waals surface area contributed by atoms with E-state index in [0.717, 1.165) is 5.56 Å². The van der Waals surface area contributed by atoms with E-state index in [9.17, 15) is 9.59 Å². The molecule has 1 saturated heterocycles. The molecular formula is C29H26Cl2N2O5S. The normalized spacial score (nSPS) is 15.2. The molecule has 1 fully saturated rings. The van der Waals surface area contributed by atoms with Gasteiger partial charge in [0.1, 0.15) is 6.61 Å². The lowest BCUT2D eigenvalue weighted by Gasteiger charge is -2.15. The van der Waals surface area contributed by atoms with Gasteiger partial charge in [-0.1, -0.05) is 35.3 Å². The number of rotatable bonds is 9. The first kappa shape index (κ1) is 28.5. The Hall–Kier alpha value is -3.46. The summed E-state index contributed by atoms with van der Waals surface area (Å²) in [6.07, 6.45) is 1.74. The van der Waals surface area contributed by atoms with E-state index in [1.807, 2.05) is 19.1 Å². The standard InChI is InChI=1S/C29H26Cl2N2O5S/c1-4-36-24-15-19(14-23(31)26(24)38-17-18-6-10-21(30)11-7-18)16-25-27(34)33(3)29(39-25)32-22-12-8-20(9-13-22)28(35)37-5-2/h6-16H,4-5,17H2,1-3H3/b25-16-,32-29?. The summed E-state index contributed by atoms with van der Waals surface area (Å²) in [5.74, 6) is 0.312. The van der Waals surface area contributed by atoms with Crippen molar-refractivity contribution in [2.75, 3.05) is 20.3 Å². The van der Waals surface area contributed by atoms with Gasteiger partial charge in [0.25, 0.3) is 5.91 Å². The summed E-state index contributed by atoms with van der Waals surface area (Å²) in [6.45, 7) is 4.63. The van der Waals surface area contributed by atoms with Gasteiger partial charge in [-0.15, -0.1) is 0 Å². The molecule has 0 aliphatic carbocycles. The van der Waals surface area contributed by atoms with Gasteiger partial charge in [0.05, 0.1) is 34.4 Å². The lowest BCUT2D eigenvalue weighted by atomic mass is 10.1. The van der Waals surface area contributed by atoms with Crippen LogP contribution in [-0.2, 0) is 16.1 Å². The van der Waals surface area contributed by atoms with Crippen molar-refractivity contribution in [3.8, 4) is 11.5 Å². The number of benzene rings is 3. The summed E-state index contributed by atoms with van der Waals surface area (Å²) in [5.41, 5.74) is 2.66. The number of ether oxygens (including phenoxy) is 3. The van der Waals surface area contributed by atoms with Gasteiger partial charge in [0.2, 0.25) is 0 Å². The van der Waals surface area contributed by atoms with Gasteiger partial charge in [0.15, 0.2) is 16.7 Å². The maximum atomic E-state index is 13.0. The Bertz CT molecular complexity index is 1420. The van der Waals surface area contributed by atoms with E-state index < -0.39 is 5.97 Å². The highest BCUT2D eigenvalue weighted by atomic mass is 35.5. The maximum absolute atomic E-state index is 13.0. The Labute approximate surface area is 241 Å². The lowest BCUT2D eigenvalue weighted by Crippen LogP contribution is -2.23. The highest BCUT2D eigenvalue weighted by Crippen LogP contribution is 2.40. The smallest absolute Gasteiger partial charge is 0.338 e. The molecule has 10 heteroatoms. The fraction of sp³-hybridized carbons (Fsp3) is 0.207. The Morgan fingerprint density at radius 3 is 2.38 bits per heavy atom. The van der Waals surface area contributed by atoms with Gasteiger partial charge < -0.3 is 14.2 Å². The second-order valence-electron chi connectivity index (χ2n) is 8.31. The van der Waals surface area contributed by atoms with Gasteiger partial charge in [-0.25, -0.2) is 9.79 Å². The molecule has 0 aromatic heterocycles. The molecule has 202 valence electrons. The number of thioether (sulfide) groups is 1. The molecule has 0 bridgehead atoms. The van der Waals surface area contributed by atoms with Crippen LogP contribution in [0, 0.1) is 0 Å². The average Bonchev–Trinajstić information content (AvgIpc) is 3.17. The van der Waals surface area contributed by atoms with E-state index in [1.165, 1.54) is 16.7 Å². The average molecular weight is 586 g/mol. The predicted octanol–water partition coefficient (Wildman–Crippen LogP) is 7.38. The van der Waals surface area contributed by atoms with Crippen molar-refractivity contribution in [3.05, 3.63) is 92.3 Å². The number of carbonyl (C=O) groups is 2. The SMILES string of the molecule is CCOC(=O)c1ccc(N=C2S/C(=C\c3cc(Cl)c(OCc4ccc(Cl)cc4)c(OCC)c3)C(=O)N2C)cc1. The zero-order valence-corrected chi connectivity index (χ0v) is 23.9. The summed E-state index contributed by atoms with van der Waals surface area (Å²) >= 11 is 13.8. The third-order valence-electron chi connectivity index (χ3n) is 5.53. The third kappa shape index (κ3) is 7.15. The second-order valence-corrected chi connectivity index (χ2v) is 10.2. The fourth-order valence-electron chi connectivity index (χ4n) is 3.61. The molecule has 0 spiro atoms. The molecule has 1 heterocycles. The predicted molar refractivity (Wildman–Crippen MR) is 156 cm³/mol. The van der Waals surface area contributed by atoms with Crippen molar-refractivity contribution < 1.29 is 23.8 Å². The molecule has 39 heavy (non-hydrogen) atoms. The van der Waals surface area contributed by atoms with E-state index in [1.54, 1.807) is 68.6 Å². The van der Waals surface area contributed by atoms with E-state index in [0.29, 0.717) is 61.6 Å². The van der Waals surface area contributed by atoms with Crippen LogP contribution in [0.2, 0.25) is 10.0 Å². The molecule has 0 unspecified atom stereocenters. The Kier molecular flexibility index (Phi) is 9.56. The van der Waals surface area contributed by atoms with Crippen LogP contribution in [0.15, 0.2) is 70.6 Å². The van der Waals surface area contributed by atoms with E-state index >= 15 is 0 Å². The summed E-state index contributed by atoms with van der Waals surface area (Å²) in [6, 6.07) is 17.6.